The quantitative estimate of drug-likeness (QED) is 0.817. The Balaban J connectivity index is 2.10. The molecule has 0 saturated carbocycles. The highest BCUT2D eigenvalue weighted by atomic mass is 16.5. The summed E-state index contributed by atoms with van der Waals surface area (Å²) in [5.41, 5.74) is 0.357. The lowest BCUT2D eigenvalue weighted by Crippen LogP contribution is -2.57. The number of aromatic nitrogens is 1. The lowest BCUT2D eigenvalue weighted by molar-refractivity contribution is 0.0355. The Kier molecular flexibility index (Phi) is 4.21. The number of hydrogen-bond donors (Lipinski definition) is 0. The number of piperazine rings is 1. The lowest BCUT2D eigenvalue weighted by atomic mass is 10.0. The van der Waals surface area contributed by atoms with Crippen LogP contribution < -0.4 is 0 Å². The molecule has 106 valence electrons. The van der Waals surface area contributed by atoms with Crippen molar-refractivity contribution in [2.45, 2.75) is 32.5 Å². The van der Waals surface area contributed by atoms with Gasteiger partial charge in [0.1, 0.15) is 6.61 Å². The molecule has 6 heteroatoms. The molecule has 1 saturated heterocycles. The van der Waals surface area contributed by atoms with Gasteiger partial charge in [-0.05, 0) is 20.9 Å². The Morgan fingerprint density at radius 1 is 1.47 bits per heavy atom. The molecule has 2 rings (SSSR count). The molecule has 0 aromatic carbocycles. The van der Waals surface area contributed by atoms with Crippen LogP contribution in [0.3, 0.4) is 0 Å². The molecule has 1 fully saturated rings. The minimum absolute atomic E-state index is 0.0708. The van der Waals surface area contributed by atoms with Gasteiger partial charge in [0.15, 0.2) is 11.5 Å². The molecule has 19 heavy (non-hydrogen) atoms. The third kappa shape index (κ3) is 2.79. The number of amides is 1. The van der Waals surface area contributed by atoms with E-state index < -0.39 is 0 Å². The fraction of sp³-hybridized carbons (Fsp3) is 0.692. The molecule has 2 atom stereocenters. The van der Waals surface area contributed by atoms with Gasteiger partial charge in [0.25, 0.3) is 5.91 Å². The lowest BCUT2D eigenvalue weighted by Gasteiger charge is -2.43. The molecule has 0 N–H and O–H groups in total. The summed E-state index contributed by atoms with van der Waals surface area (Å²) in [4.78, 5) is 16.5. The number of carbonyl (C=O) groups excluding carboxylic acids is 1. The first-order valence-corrected chi connectivity index (χ1v) is 6.50. The van der Waals surface area contributed by atoms with E-state index in [9.17, 15) is 4.79 Å². The van der Waals surface area contributed by atoms with Crippen molar-refractivity contribution in [1.29, 1.82) is 0 Å². The summed E-state index contributed by atoms with van der Waals surface area (Å²) in [6.07, 6.45) is 0. The zero-order chi connectivity index (χ0) is 14.0. The third-order valence-corrected chi connectivity index (χ3v) is 3.90. The number of nitrogens with zero attached hydrogens (tertiary/aromatic N) is 3. The van der Waals surface area contributed by atoms with Gasteiger partial charge in [-0.2, -0.15) is 0 Å². The topological polar surface area (TPSA) is 58.8 Å². The van der Waals surface area contributed by atoms with E-state index in [1.165, 1.54) is 0 Å². The average Bonchev–Trinajstić information content (AvgIpc) is 2.85. The fourth-order valence-electron chi connectivity index (χ4n) is 2.36. The van der Waals surface area contributed by atoms with Gasteiger partial charge in [-0.1, -0.05) is 5.16 Å². The number of likely N-dealkylation sites (N-methyl/N-ethyl adjacent to an activating group) is 1. The third-order valence-electron chi connectivity index (χ3n) is 3.90. The van der Waals surface area contributed by atoms with E-state index in [0.29, 0.717) is 30.6 Å². The van der Waals surface area contributed by atoms with E-state index >= 15 is 0 Å². The first kappa shape index (κ1) is 14.0. The van der Waals surface area contributed by atoms with Gasteiger partial charge in [0, 0.05) is 38.3 Å². The molecule has 2 heterocycles. The number of rotatable bonds is 3. The Bertz CT molecular complexity index is 446. The van der Waals surface area contributed by atoms with E-state index in [2.05, 4.69) is 31.0 Å². The molecule has 1 aliphatic heterocycles. The van der Waals surface area contributed by atoms with Crippen LogP contribution in [0.4, 0.5) is 0 Å². The van der Waals surface area contributed by atoms with Crippen LogP contribution in [0.2, 0.25) is 0 Å². The second-order valence-electron chi connectivity index (χ2n) is 5.07. The number of hydrogen-bond acceptors (Lipinski definition) is 5. The Morgan fingerprint density at radius 2 is 2.21 bits per heavy atom. The van der Waals surface area contributed by atoms with Crippen molar-refractivity contribution in [3.05, 3.63) is 17.5 Å². The van der Waals surface area contributed by atoms with Crippen molar-refractivity contribution in [3.63, 3.8) is 0 Å². The van der Waals surface area contributed by atoms with E-state index in [0.717, 1.165) is 6.54 Å². The van der Waals surface area contributed by atoms with Crippen molar-refractivity contribution < 1.29 is 14.1 Å². The van der Waals surface area contributed by atoms with Crippen LogP contribution in [0.25, 0.3) is 0 Å². The molecule has 1 aromatic rings. The monoisotopic (exact) mass is 267 g/mol. The van der Waals surface area contributed by atoms with Gasteiger partial charge in [-0.3, -0.25) is 9.69 Å². The molecule has 0 unspecified atom stereocenters. The molecule has 0 bridgehead atoms. The minimum Gasteiger partial charge on any atom is -0.377 e. The van der Waals surface area contributed by atoms with Crippen molar-refractivity contribution in [2.75, 3.05) is 27.2 Å². The van der Waals surface area contributed by atoms with E-state index in [4.69, 9.17) is 9.26 Å². The first-order chi connectivity index (χ1) is 9.04. The highest BCUT2D eigenvalue weighted by Crippen LogP contribution is 2.18. The Hall–Kier alpha value is -1.40. The Labute approximate surface area is 113 Å². The SMILES string of the molecule is COCc1cc(C(=O)N2CCN(C)[C@@H](C)[C@@H]2C)no1. The van der Waals surface area contributed by atoms with Gasteiger partial charge in [-0.15, -0.1) is 0 Å². The number of carbonyl (C=O) groups is 1. The van der Waals surface area contributed by atoms with Crippen molar-refractivity contribution in [2.24, 2.45) is 0 Å². The smallest absolute Gasteiger partial charge is 0.276 e. The fourth-order valence-corrected chi connectivity index (χ4v) is 2.36. The van der Waals surface area contributed by atoms with Crippen LogP contribution in [0, 0.1) is 0 Å². The van der Waals surface area contributed by atoms with Gasteiger partial charge < -0.3 is 14.2 Å². The summed E-state index contributed by atoms with van der Waals surface area (Å²) >= 11 is 0. The zero-order valence-electron chi connectivity index (χ0n) is 11.9. The maximum Gasteiger partial charge on any atom is 0.276 e. The summed E-state index contributed by atoms with van der Waals surface area (Å²) in [6.45, 7) is 6.11. The second kappa shape index (κ2) is 5.71. The molecular formula is C13H21N3O3. The largest absolute Gasteiger partial charge is 0.377 e. The summed E-state index contributed by atoms with van der Waals surface area (Å²) < 4.78 is 10.0. The van der Waals surface area contributed by atoms with Crippen LogP contribution in [-0.2, 0) is 11.3 Å². The highest BCUT2D eigenvalue weighted by molar-refractivity contribution is 5.92. The van der Waals surface area contributed by atoms with Gasteiger partial charge >= 0.3 is 0 Å². The van der Waals surface area contributed by atoms with Crippen LogP contribution in [0.15, 0.2) is 10.6 Å². The standard InChI is InChI=1S/C13H21N3O3/c1-9-10(2)16(6-5-15(9)3)13(17)12-7-11(8-18-4)19-14-12/h7,9-10H,5-6,8H2,1-4H3/t9-,10-/m0/s1. The predicted octanol–water partition coefficient (Wildman–Crippen LogP) is 0.986. The second-order valence-corrected chi connectivity index (χ2v) is 5.07. The number of ether oxygens (including phenoxy) is 1. The van der Waals surface area contributed by atoms with Crippen LogP contribution in [0.5, 0.6) is 0 Å². The van der Waals surface area contributed by atoms with Crippen molar-refractivity contribution in [3.8, 4) is 0 Å². The maximum atomic E-state index is 12.4. The molecule has 0 spiro atoms. The van der Waals surface area contributed by atoms with E-state index in [1.54, 1.807) is 13.2 Å². The molecular weight excluding hydrogens is 246 g/mol. The molecule has 0 aliphatic carbocycles. The predicted molar refractivity (Wildman–Crippen MR) is 69.8 cm³/mol. The summed E-state index contributed by atoms with van der Waals surface area (Å²) in [7, 11) is 3.66. The molecule has 6 nitrogen and oxygen atoms in total. The summed E-state index contributed by atoms with van der Waals surface area (Å²) in [5.74, 6) is 0.499. The van der Waals surface area contributed by atoms with Crippen molar-refractivity contribution >= 4 is 5.91 Å². The van der Waals surface area contributed by atoms with Gasteiger partial charge in [0.2, 0.25) is 0 Å². The molecule has 1 aliphatic rings. The number of methoxy groups -OCH3 is 1. The average molecular weight is 267 g/mol. The normalized spacial score (nSPS) is 24.7. The van der Waals surface area contributed by atoms with Crippen LogP contribution in [0.1, 0.15) is 30.1 Å². The van der Waals surface area contributed by atoms with Crippen LogP contribution >= 0.6 is 0 Å². The van der Waals surface area contributed by atoms with Crippen LogP contribution in [-0.4, -0.2) is 60.2 Å². The maximum absolute atomic E-state index is 12.4. The van der Waals surface area contributed by atoms with E-state index in [-0.39, 0.29) is 11.9 Å². The van der Waals surface area contributed by atoms with E-state index in [1.807, 2.05) is 4.90 Å². The summed E-state index contributed by atoms with van der Waals surface area (Å²) in [6, 6.07) is 2.15. The van der Waals surface area contributed by atoms with Crippen molar-refractivity contribution in [1.82, 2.24) is 15.0 Å². The Morgan fingerprint density at radius 3 is 2.89 bits per heavy atom. The van der Waals surface area contributed by atoms with Gasteiger partial charge in [-0.25, -0.2) is 0 Å². The summed E-state index contributed by atoms with van der Waals surface area (Å²) in [5, 5.41) is 3.83. The highest BCUT2D eigenvalue weighted by Gasteiger charge is 2.33. The molecule has 1 aromatic heterocycles. The first-order valence-electron chi connectivity index (χ1n) is 6.50. The zero-order valence-corrected chi connectivity index (χ0v) is 11.9. The molecule has 1 amide bonds. The van der Waals surface area contributed by atoms with Gasteiger partial charge in [0.05, 0.1) is 0 Å². The molecule has 0 radical (unpaired) electrons. The minimum atomic E-state index is -0.0708.